The normalized spacial score (nSPS) is 23.4. The molecule has 8 rings (SSSR count). The number of para-hydroxylation sites is 1. The summed E-state index contributed by atoms with van der Waals surface area (Å²) in [6, 6.07) is 35.3. The summed E-state index contributed by atoms with van der Waals surface area (Å²) in [4.78, 5) is 67.6. The van der Waals surface area contributed by atoms with Crippen molar-refractivity contribution in [3.8, 4) is 5.75 Å². The molecule has 5 aromatic rings. The third-order valence-electron chi connectivity index (χ3n) is 11.3. The van der Waals surface area contributed by atoms with E-state index in [-0.39, 0.29) is 38.7 Å². The van der Waals surface area contributed by atoms with Crippen LogP contribution in [0.4, 0.5) is 10.5 Å². The topological polar surface area (TPSA) is 157 Å². The van der Waals surface area contributed by atoms with Crippen molar-refractivity contribution in [1.82, 2.24) is 15.2 Å². The van der Waals surface area contributed by atoms with Gasteiger partial charge in [-0.25, -0.2) is 9.69 Å². The summed E-state index contributed by atoms with van der Waals surface area (Å²) < 4.78 is 22.9. The number of amides is 3. The Bertz CT molecular complexity index is 2280. The number of morpholine rings is 1. The third-order valence-corrected chi connectivity index (χ3v) is 11.3. The summed E-state index contributed by atoms with van der Waals surface area (Å²) in [6.45, 7) is -0.00621. The predicted octanol–water partition coefficient (Wildman–Crippen LogP) is 5.26. The zero-order chi connectivity index (χ0) is 40.9. The highest BCUT2D eigenvalue weighted by Crippen LogP contribution is 2.65. The zero-order valence-corrected chi connectivity index (χ0v) is 32.4. The van der Waals surface area contributed by atoms with Gasteiger partial charge in [-0.15, -0.1) is 0 Å². The molecule has 0 aliphatic carbocycles. The molecule has 0 radical (unpaired) electrons. The molecule has 302 valence electrons. The average molecular weight is 797 g/mol. The molecule has 4 aromatic carbocycles. The van der Waals surface area contributed by atoms with E-state index in [1.807, 2.05) is 77.7 Å². The van der Waals surface area contributed by atoms with Crippen LogP contribution in [0, 0.1) is 5.92 Å². The highest BCUT2D eigenvalue weighted by molar-refractivity contribution is 6.23. The number of nitrogens with one attached hydrogen (secondary N) is 1. The fourth-order valence-corrected chi connectivity index (χ4v) is 9.00. The minimum absolute atomic E-state index is 0.0638. The highest BCUT2D eigenvalue weighted by Gasteiger charge is 2.75. The van der Waals surface area contributed by atoms with E-state index in [4.69, 9.17) is 18.9 Å². The number of aromatic nitrogens is 1. The molecule has 3 aliphatic heterocycles. The standard InChI is InChI=1S/C46H44N4O9/c1-56-28-29-58-45(55)49-36-18-9-8-17-35(36)46(44(49)54)37(42(52)48-25-23-33-16-10-11-24-47-33)39-43(53)59-40(31-14-6-3-7-15-31)38(30-12-4-2-5-13-30)50(39)41(46)32-19-21-34(22-20-32)57-27-26-51/h2-22,24,37-41,51H,23,25-29H2,1H3,(H,48,52)/t37-,38-,39-,40+,41+,46-/m0/s1. The molecule has 13 nitrogen and oxygen atoms in total. The van der Waals surface area contributed by atoms with Crippen LogP contribution in [-0.4, -0.2) is 85.0 Å². The van der Waals surface area contributed by atoms with Gasteiger partial charge in [0.25, 0.3) is 0 Å². The molecule has 0 bridgehead atoms. The Morgan fingerprint density at radius 1 is 0.797 bits per heavy atom. The first-order valence-electron chi connectivity index (χ1n) is 19.6. The third kappa shape index (κ3) is 7.11. The molecular formula is C46H44N4O9. The van der Waals surface area contributed by atoms with Crippen LogP contribution in [0.3, 0.4) is 0 Å². The molecule has 2 N–H and O–H groups in total. The zero-order valence-electron chi connectivity index (χ0n) is 32.4. The van der Waals surface area contributed by atoms with Gasteiger partial charge in [-0.3, -0.25) is 24.3 Å². The number of carbonyl (C=O) groups is 4. The number of fused-ring (bicyclic) bond motifs is 3. The molecule has 1 spiro atoms. The number of rotatable bonds is 13. The average Bonchev–Trinajstić information content (AvgIpc) is 3.73. The van der Waals surface area contributed by atoms with Crippen molar-refractivity contribution < 1.29 is 43.2 Å². The quantitative estimate of drug-likeness (QED) is 0.118. The van der Waals surface area contributed by atoms with Gasteiger partial charge in [-0.2, -0.15) is 0 Å². The molecule has 0 saturated carbocycles. The number of aliphatic hydroxyl groups is 1. The maximum Gasteiger partial charge on any atom is 0.421 e. The monoisotopic (exact) mass is 796 g/mol. The maximum absolute atomic E-state index is 15.9. The van der Waals surface area contributed by atoms with Gasteiger partial charge < -0.3 is 29.4 Å². The summed E-state index contributed by atoms with van der Waals surface area (Å²) in [5.74, 6) is -2.92. The van der Waals surface area contributed by atoms with Crippen LogP contribution in [0.1, 0.15) is 46.1 Å². The second kappa shape index (κ2) is 17.2. The number of methoxy groups -OCH3 is 1. The van der Waals surface area contributed by atoms with Crippen molar-refractivity contribution in [3.05, 3.63) is 162 Å². The Morgan fingerprint density at radius 2 is 1.49 bits per heavy atom. The number of nitrogens with zero attached hydrogens (tertiary/aromatic N) is 3. The summed E-state index contributed by atoms with van der Waals surface area (Å²) in [5.41, 5.74) is 1.57. The molecule has 4 heterocycles. The molecule has 2 fully saturated rings. The summed E-state index contributed by atoms with van der Waals surface area (Å²) >= 11 is 0. The maximum atomic E-state index is 15.9. The van der Waals surface area contributed by atoms with Gasteiger partial charge >= 0.3 is 12.1 Å². The van der Waals surface area contributed by atoms with E-state index in [1.165, 1.54) is 7.11 Å². The second-order valence-corrected chi connectivity index (χ2v) is 14.5. The minimum Gasteiger partial charge on any atom is -0.491 e. The van der Waals surface area contributed by atoms with Gasteiger partial charge in [-0.05, 0) is 52.6 Å². The van der Waals surface area contributed by atoms with Crippen LogP contribution in [0.25, 0.3) is 0 Å². The van der Waals surface area contributed by atoms with E-state index < -0.39 is 59.4 Å². The van der Waals surface area contributed by atoms with Gasteiger partial charge in [0.15, 0.2) is 0 Å². The lowest BCUT2D eigenvalue weighted by Gasteiger charge is -2.46. The number of anilines is 1. The van der Waals surface area contributed by atoms with E-state index >= 15 is 14.4 Å². The minimum atomic E-state index is -1.89. The lowest BCUT2D eigenvalue weighted by atomic mass is 9.65. The van der Waals surface area contributed by atoms with Crippen molar-refractivity contribution >= 4 is 29.6 Å². The van der Waals surface area contributed by atoms with Crippen LogP contribution in [0.15, 0.2) is 134 Å². The van der Waals surface area contributed by atoms with E-state index in [9.17, 15) is 9.90 Å². The number of hydrogen-bond acceptors (Lipinski definition) is 11. The van der Waals surface area contributed by atoms with E-state index in [1.54, 1.807) is 60.8 Å². The van der Waals surface area contributed by atoms with Crippen molar-refractivity contribution in [3.63, 3.8) is 0 Å². The Hall–Kier alpha value is -6.41. The van der Waals surface area contributed by atoms with Crippen LogP contribution < -0.4 is 15.0 Å². The smallest absolute Gasteiger partial charge is 0.421 e. The van der Waals surface area contributed by atoms with Crippen LogP contribution >= 0.6 is 0 Å². The number of benzene rings is 4. The van der Waals surface area contributed by atoms with Gasteiger partial charge in [0.05, 0.1) is 36.9 Å². The lowest BCUT2D eigenvalue weighted by Crippen LogP contribution is -2.56. The number of hydrogen-bond donors (Lipinski definition) is 2. The van der Waals surface area contributed by atoms with Gasteiger partial charge in [0.2, 0.25) is 11.8 Å². The van der Waals surface area contributed by atoms with Crippen molar-refractivity contribution in [2.75, 3.05) is 45.0 Å². The van der Waals surface area contributed by atoms with Gasteiger partial charge in [0.1, 0.15) is 36.5 Å². The van der Waals surface area contributed by atoms with Crippen molar-refractivity contribution in [2.24, 2.45) is 5.92 Å². The summed E-state index contributed by atoms with van der Waals surface area (Å²) in [5, 5.41) is 12.5. The Labute approximate surface area is 341 Å². The first-order chi connectivity index (χ1) is 28.9. The molecule has 13 heteroatoms. The fourth-order valence-electron chi connectivity index (χ4n) is 9.00. The largest absolute Gasteiger partial charge is 0.491 e. The molecule has 0 unspecified atom stereocenters. The molecular weight excluding hydrogens is 753 g/mol. The highest BCUT2D eigenvalue weighted by atomic mass is 16.6. The molecule has 1 aromatic heterocycles. The van der Waals surface area contributed by atoms with Crippen molar-refractivity contribution in [1.29, 1.82) is 0 Å². The molecule has 3 aliphatic rings. The summed E-state index contributed by atoms with van der Waals surface area (Å²) in [7, 11) is 1.47. The number of aliphatic hydroxyl groups excluding tert-OH is 1. The number of cyclic esters (lactones) is 1. The predicted molar refractivity (Wildman–Crippen MR) is 215 cm³/mol. The molecule has 6 atom stereocenters. The molecule has 2 saturated heterocycles. The second-order valence-electron chi connectivity index (χ2n) is 14.5. The Morgan fingerprint density at radius 3 is 2.19 bits per heavy atom. The SMILES string of the molecule is COCCOC(=O)N1C(=O)[C@@]2(c3ccccc31)[C@H](C(=O)NCCc1ccccn1)[C@H]1C(=O)O[C@H](c3ccccc3)[C@H](c3ccccc3)N1[C@@H]2c1ccc(OCCO)cc1. The fraction of sp³-hybridized carbons (Fsp3) is 0.283. The lowest BCUT2D eigenvalue weighted by molar-refractivity contribution is -0.178. The number of esters is 1. The van der Waals surface area contributed by atoms with Crippen LogP contribution in [0.2, 0.25) is 0 Å². The van der Waals surface area contributed by atoms with Crippen molar-refractivity contribution in [2.45, 2.75) is 36.1 Å². The first kappa shape index (κ1) is 39.4. The summed E-state index contributed by atoms with van der Waals surface area (Å²) in [6.07, 6.45) is 0.258. The van der Waals surface area contributed by atoms with E-state index in [0.717, 1.165) is 21.7 Å². The van der Waals surface area contributed by atoms with Crippen LogP contribution in [0.5, 0.6) is 5.75 Å². The number of imide groups is 1. The Kier molecular flexibility index (Phi) is 11.5. The molecule has 3 amide bonds. The number of pyridine rings is 1. The first-order valence-corrected chi connectivity index (χ1v) is 19.6. The van der Waals surface area contributed by atoms with E-state index in [0.29, 0.717) is 23.3 Å². The van der Waals surface area contributed by atoms with Gasteiger partial charge in [-0.1, -0.05) is 97.1 Å². The van der Waals surface area contributed by atoms with Gasteiger partial charge in [0, 0.05) is 32.0 Å². The number of ether oxygens (including phenoxy) is 4. The number of carbonyl (C=O) groups excluding carboxylic acids is 4. The molecule has 59 heavy (non-hydrogen) atoms. The Balaban J connectivity index is 1.37. The van der Waals surface area contributed by atoms with Crippen LogP contribution in [-0.2, 0) is 40.4 Å². The van der Waals surface area contributed by atoms with E-state index in [2.05, 4.69) is 10.3 Å².